The van der Waals surface area contributed by atoms with Crippen molar-refractivity contribution < 1.29 is 17.9 Å². The maximum atomic E-state index is 12.9. The first kappa shape index (κ1) is 19.7. The fraction of sp³-hybridized carbons (Fsp3) is 0.611. The summed E-state index contributed by atoms with van der Waals surface area (Å²) >= 11 is 0. The largest absolute Gasteiger partial charge is 0.496 e. The molecule has 1 aromatic carbocycles. The number of amides is 1. The lowest BCUT2D eigenvalue weighted by Crippen LogP contribution is -2.45. The lowest BCUT2D eigenvalue weighted by atomic mass is 9.98. The number of nitrogens with one attached hydrogen (secondary N) is 1. The van der Waals surface area contributed by atoms with E-state index in [4.69, 9.17) is 4.74 Å². The van der Waals surface area contributed by atoms with Crippen molar-refractivity contribution in [3.05, 3.63) is 23.8 Å². The van der Waals surface area contributed by atoms with E-state index < -0.39 is 10.0 Å². The van der Waals surface area contributed by atoms with E-state index in [1.54, 1.807) is 25.3 Å². The molecule has 0 aromatic heterocycles. The SMILES string of the molecule is COc1ccc(S(=O)(=O)N2CCCC(C(=O)NCC(C)C)C2)cc1C. The van der Waals surface area contributed by atoms with Gasteiger partial charge in [0, 0.05) is 19.6 Å². The van der Waals surface area contributed by atoms with Crippen LogP contribution in [0.4, 0.5) is 0 Å². The molecule has 25 heavy (non-hydrogen) atoms. The first-order valence-electron chi connectivity index (χ1n) is 8.68. The summed E-state index contributed by atoms with van der Waals surface area (Å²) in [5.41, 5.74) is 0.770. The minimum atomic E-state index is -3.61. The van der Waals surface area contributed by atoms with Crippen LogP contribution in [0.2, 0.25) is 0 Å². The van der Waals surface area contributed by atoms with Crippen LogP contribution in [0.5, 0.6) is 5.75 Å². The molecule has 0 aliphatic carbocycles. The van der Waals surface area contributed by atoms with Crippen LogP contribution < -0.4 is 10.1 Å². The summed E-state index contributed by atoms with van der Waals surface area (Å²) in [5, 5.41) is 2.91. The predicted octanol–water partition coefficient (Wildman–Crippen LogP) is 2.18. The summed E-state index contributed by atoms with van der Waals surface area (Å²) in [5.74, 6) is 0.680. The van der Waals surface area contributed by atoms with Crippen molar-refractivity contribution in [2.45, 2.75) is 38.5 Å². The van der Waals surface area contributed by atoms with Crippen molar-refractivity contribution in [2.24, 2.45) is 11.8 Å². The standard InChI is InChI=1S/C18H28N2O4S/c1-13(2)11-19-18(21)15-6-5-9-20(12-15)25(22,23)16-7-8-17(24-4)14(3)10-16/h7-8,10,13,15H,5-6,9,11-12H2,1-4H3,(H,19,21). The molecule has 1 aromatic rings. The smallest absolute Gasteiger partial charge is 0.243 e. The number of sulfonamides is 1. The molecule has 1 unspecified atom stereocenters. The number of piperidine rings is 1. The number of methoxy groups -OCH3 is 1. The summed E-state index contributed by atoms with van der Waals surface area (Å²) in [6.07, 6.45) is 1.41. The lowest BCUT2D eigenvalue weighted by molar-refractivity contribution is -0.126. The third-order valence-electron chi connectivity index (χ3n) is 4.44. The molecule has 0 saturated carbocycles. The number of benzene rings is 1. The molecule has 1 saturated heterocycles. The van der Waals surface area contributed by atoms with E-state index in [9.17, 15) is 13.2 Å². The van der Waals surface area contributed by atoms with Crippen LogP contribution in [0.1, 0.15) is 32.3 Å². The topological polar surface area (TPSA) is 75.7 Å². The van der Waals surface area contributed by atoms with E-state index in [0.717, 1.165) is 12.0 Å². The Morgan fingerprint density at radius 2 is 2.12 bits per heavy atom. The van der Waals surface area contributed by atoms with E-state index in [1.165, 1.54) is 4.31 Å². The van der Waals surface area contributed by atoms with Gasteiger partial charge in [-0.1, -0.05) is 13.8 Å². The molecule has 140 valence electrons. The molecule has 1 N–H and O–H groups in total. The van der Waals surface area contributed by atoms with Gasteiger partial charge in [-0.05, 0) is 49.4 Å². The predicted molar refractivity (Wildman–Crippen MR) is 97.1 cm³/mol. The van der Waals surface area contributed by atoms with Crippen LogP contribution in [-0.2, 0) is 14.8 Å². The quantitative estimate of drug-likeness (QED) is 0.835. The Hall–Kier alpha value is -1.60. The van der Waals surface area contributed by atoms with Gasteiger partial charge in [0.2, 0.25) is 15.9 Å². The third-order valence-corrected chi connectivity index (χ3v) is 6.30. The molecule has 6 nitrogen and oxygen atoms in total. The van der Waals surface area contributed by atoms with Crippen LogP contribution in [0.15, 0.2) is 23.1 Å². The van der Waals surface area contributed by atoms with Gasteiger partial charge in [0.1, 0.15) is 5.75 Å². The summed E-state index contributed by atoms with van der Waals surface area (Å²) in [4.78, 5) is 12.5. The minimum absolute atomic E-state index is 0.0560. The summed E-state index contributed by atoms with van der Waals surface area (Å²) in [7, 11) is -2.05. The van der Waals surface area contributed by atoms with Crippen LogP contribution in [0.3, 0.4) is 0 Å². The molecule has 0 radical (unpaired) electrons. The van der Waals surface area contributed by atoms with Crippen molar-refractivity contribution in [1.82, 2.24) is 9.62 Å². The Balaban J connectivity index is 2.13. The molecule has 1 atom stereocenters. The zero-order valence-electron chi connectivity index (χ0n) is 15.4. The van der Waals surface area contributed by atoms with Gasteiger partial charge in [-0.3, -0.25) is 4.79 Å². The van der Waals surface area contributed by atoms with Gasteiger partial charge in [0.25, 0.3) is 0 Å². The maximum absolute atomic E-state index is 12.9. The average molecular weight is 368 g/mol. The Bertz CT molecular complexity index is 716. The average Bonchev–Trinajstić information content (AvgIpc) is 2.59. The van der Waals surface area contributed by atoms with Crippen LogP contribution in [0, 0.1) is 18.8 Å². The number of hydrogen-bond acceptors (Lipinski definition) is 4. The van der Waals surface area contributed by atoms with Crippen molar-refractivity contribution in [3.63, 3.8) is 0 Å². The highest BCUT2D eigenvalue weighted by molar-refractivity contribution is 7.89. The zero-order chi connectivity index (χ0) is 18.6. The Kier molecular flexibility index (Phi) is 6.46. The molecule has 7 heteroatoms. The molecule has 1 aliphatic heterocycles. The molecule has 1 heterocycles. The van der Waals surface area contributed by atoms with Gasteiger partial charge in [0.05, 0.1) is 17.9 Å². The number of ether oxygens (including phenoxy) is 1. The minimum Gasteiger partial charge on any atom is -0.496 e. The van der Waals surface area contributed by atoms with Crippen LogP contribution in [0.25, 0.3) is 0 Å². The molecule has 2 rings (SSSR count). The lowest BCUT2D eigenvalue weighted by Gasteiger charge is -2.31. The van der Waals surface area contributed by atoms with E-state index in [-0.39, 0.29) is 23.3 Å². The van der Waals surface area contributed by atoms with Crippen LogP contribution in [-0.4, -0.2) is 45.4 Å². The van der Waals surface area contributed by atoms with Crippen LogP contribution >= 0.6 is 0 Å². The second kappa shape index (κ2) is 8.19. The monoisotopic (exact) mass is 368 g/mol. The molecular formula is C18H28N2O4S. The highest BCUT2D eigenvalue weighted by Crippen LogP contribution is 2.27. The number of nitrogens with zero attached hydrogens (tertiary/aromatic N) is 1. The highest BCUT2D eigenvalue weighted by Gasteiger charge is 2.33. The van der Waals surface area contributed by atoms with Gasteiger partial charge >= 0.3 is 0 Å². The molecule has 1 aliphatic rings. The summed E-state index contributed by atoms with van der Waals surface area (Å²) in [6.45, 7) is 7.17. The van der Waals surface area contributed by atoms with E-state index in [0.29, 0.717) is 31.2 Å². The second-order valence-electron chi connectivity index (χ2n) is 6.97. The van der Waals surface area contributed by atoms with Crippen molar-refractivity contribution >= 4 is 15.9 Å². The fourth-order valence-electron chi connectivity index (χ4n) is 2.98. The van der Waals surface area contributed by atoms with E-state index in [2.05, 4.69) is 5.32 Å². The fourth-order valence-corrected chi connectivity index (χ4v) is 4.59. The number of hydrogen-bond donors (Lipinski definition) is 1. The molecule has 1 amide bonds. The first-order valence-corrected chi connectivity index (χ1v) is 10.1. The molecule has 0 spiro atoms. The highest BCUT2D eigenvalue weighted by atomic mass is 32.2. The molecule has 1 fully saturated rings. The maximum Gasteiger partial charge on any atom is 0.243 e. The third kappa shape index (κ3) is 4.73. The summed E-state index contributed by atoms with van der Waals surface area (Å²) in [6, 6.07) is 4.85. The molecule has 0 bridgehead atoms. The number of aryl methyl sites for hydroxylation is 1. The number of carbonyl (C=O) groups excluding carboxylic acids is 1. The molecular weight excluding hydrogens is 340 g/mol. The van der Waals surface area contributed by atoms with Crippen molar-refractivity contribution in [2.75, 3.05) is 26.7 Å². The van der Waals surface area contributed by atoms with Gasteiger partial charge in [-0.2, -0.15) is 4.31 Å². The Morgan fingerprint density at radius 3 is 2.72 bits per heavy atom. The Morgan fingerprint density at radius 1 is 1.40 bits per heavy atom. The van der Waals surface area contributed by atoms with Crippen molar-refractivity contribution in [3.8, 4) is 5.75 Å². The van der Waals surface area contributed by atoms with Gasteiger partial charge in [-0.15, -0.1) is 0 Å². The zero-order valence-corrected chi connectivity index (χ0v) is 16.2. The van der Waals surface area contributed by atoms with Gasteiger partial charge in [0.15, 0.2) is 0 Å². The Labute approximate surface area is 150 Å². The summed E-state index contributed by atoms with van der Waals surface area (Å²) < 4.78 is 32.5. The second-order valence-corrected chi connectivity index (χ2v) is 8.91. The van der Waals surface area contributed by atoms with Gasteiger partial charge < -0.3 is 10.1 Å². The normalized spacial score (nSPS) is 19.0. The van der Waals surface area contributed by atoms with Crippen molar-refractivity contribution in [1.29, 1.82) is 0 Å². The van der Waals surface area contributed by atoms with Gasteiger partial charge in [-0.25, -0.2) is 8.42 Å². The number of rotatable bonds is 6. The van der Waals surface area contributed by atoms with E-state index in [1.807, 2.05) is 20.8 Å². The van der Waals surface area contributed by atoms with E-state index >= 15 is 0 Å². The number of carbonyl (C=O) groups is 1. The first-order chi connectivity index (χ1) is 11.8.